The number of aliphatic imine (C=N–C) groups is 1. The number of hydrogen-bond donors (Lipinski definition) is 2. The van der Waals surface area contributed by atoms with Gasteiger partial charge in [0.1, 0.15) is 0 Å². The van der Waals surface area contributed by atoms with Gasteiger partial charge in [0.25, 0.3) is 0 Å². The van der Waals surface area contributed by atoms with Gasteiger partial charge in [0.05, 0.1) is 0 Å². The van der Waals surface area contributed by atoms with Crippen molar-refractivity contribution < 1.29 is 4.79 Å². The van der Waals surface area contributed by atoms with E-state index in [1.807, 2.05) is 12.4 Å². The highest BCUT2D eigenvalue weighted by atomic mass is 16.1. The fraction of sp³-hybridized carbons (Fsp3) is 0.611. The van der Waals surface area contributed by atoms with Crippen LogP contribution in [0.15, 0.2) is 23.5 Å². The minimum absolute atomic E-state index is 0.211. The maximum atomic E-state index is 11.2. The lowest BCUT2D eigenvalue weighted by atomic mass is 9.95. The van der Waals surface area contributed by atoms with Crippen molar-refractivity contribution in [3.05, 3.63) is 29.6 Å². The van der Waals surface area contributed by atoms with Crippen molar-refractivity contribution in [3.63, 3.8) is 0 Å². The molecule has 6 nitrogen and oxygen atoms in total. The van der Waals surface area contributed by atoms with Crippen LogP contribution in [0.4, 0.5) is 0 Å². The first kappa shape index (κ1) is 18.2. The third-order valence-corrected chi connectivity index (χ3v) is 4.42. The highest BCUT2D eigenvalue weighted by Gasteiger charge is 2.23. The number of carbonyl (C=O) groups is 1. The molecule has 3 N–H and O–H groups in total. The fourth-order valence-electron chi connectivity index (χ4n) is 3.20. The zero-order chi connectivity index (χ0) is 17.4. The molecule has 1 aliphatic rings. The Morgan fingerprint density at radius 1 is 1.54 bits per heavy atom. The number of aromatic nitrogens is 1. The molecule has 2 rings (SSSR count). The molecule has 132 valence electrons. The second-order valence-corrected chi connectivity index (χ2v) is 6.41. The topological polar surface area (TPSA) is 83.6 Å². The molecule has 0 spiro atoms. The Hall–Kier alpha value is -2.11. The van der Waals surface area contributed by atoms with E-state index in [9.17, 15) is 4.79 Å². The van der Waals surface area contributed by atoms with Crippen LogP contribution < -0.4 is 11.1 Å². The number of aryl methyl sites for hydroxylation is 1. The summed E-state index contributed by atoms with van der Waals surface area (Å²) >= 11 is 0. The Labute approximate surface area is 144 Å². The molecule has 1 amide bonds. The molecule has 0 radical (unpaired) electrons. The van der Waals surface area contributed by atoms with Gasteiger partial charge in [-0.2, -0.15) is 0 Å². The first-order chi connectivity index (χ1) is 11.6. The van der Waals surface area contributed by atoms with Crippen LogP contribution >= 0.6 is 0 Å². The van der Waals surface area contributed by atoms with Gasteiger partial charge in [-0.05, 0) is 56.2 Å². The molecule has 6 heteroatoms. The first-order valence-corrected chi connectivity index (χ1v) is 8.81. The molecule has 1 aliphatic heterocycles. The number of nitrogens with two attached hydrogens (primary N) is 1. The molecule has 0 aliphatic carbocycles. The van der Waals surface area contributed by atoms with Crippen molar-refractivity contribution in [1.29, 1.82) is 0 Å². The number of nitrogens with one attached hydrogen (secondary N) is 1. The lowest BCUT2D eigenvalue weighted by Gasteiger charge is -2.34. The minimum atomic E-state index is -0.211. The summed E-state index contributed by atoms with van der Waals surface area (Å²) in [5.41, 5.74) is 7.85. The number of nitrogens with zero attached hydrogens (tertiary/aromatic N) is 3. The Balaban J connectivity index is 1.97. The summed E-state index contributed by atoms with van der Waals surface area (Å²) in [6, 6.07) is 2.06. The fourth-order valence-corrected chi connectivity index (χ4v) is 3.20. The number of likely N-dealkylation sites (tertiary alicyclic amines) is 1. The van der Waals surface area contributed by atoms with Gasteiger partial charge in [0, 0.05) is 45.0 Å². The lowest BCUT2D eigenvalue weighted by molar-refractivity contribution is -0.119. The maximum Gasteiger partial charge on any atom is 0.217 e. The zero-order valence-electron chi connectivity index (χ0n) is 14.8. The van der Waals surface area contributed by atoms with Gasteiger partial charge in [-0.1, -0.05) is 0 Å². The van der Waals surface area contributed by atoms with Gasteiger partial charge < -0.3 is 16.0 Å². The lowest BCUT2D eigenvalue weighted by Crippen LogP contribution is -2.47. The van der Waals surface area contributed by atoms with Crippen LogP contribution in [0.1, 0.15) is 37.3 Å². The van der Waals surface area contributed by atoms with E-state index in [-0.39, 0.29) is 5.91 Å². The molecule has 0 saturated carbocycles. The summed E-state index contributed by atoms with van der Waals surface area (Å²) in [5, 5.41) is 3.37. The minimum Gasteiger partial charge on any atom is -0.370 e. The van der Waals surface area contributed by atoms with Gasteiger partial charge in [-0.25, -0.2) is 0 Å². The second kappa shape index (κ2) is 9.25. The van der Waals surface area contributed by atoms with Crippen LogP contribution in [0.25, 0.3) is 0 Å². The number of amides is 1. The van der Waals surface area contributed by atoms with Gasteiger partial charge in [0.2, 0.25) is 5.91 Å². The van der Waals surface area contributed by atoms with Crippen LogP contribution in [-0.4, -0.2) is 47.9 Å². The molecule has 1 saturated heterocycles. The molecule has 1 aromatic rings. The smallest absolute Gasteiger partial charge is 0.217 e. The van der Waals surface area contributed by atoms with Crippen LogP contribution in [0.3, 0.4) is 0 Å². The van der Waals surface area contributed by atoms with E-state index in [1.54, 1.807) is 0 Å². The number of carbonyl (C=O) groups excluding carboxylic acids is 1. The van der Waals surface area contributed by atoms with E-state index < -0.39 is 0 Å². The standard InChI is InChI=1S/C18H29N5O/c1-3-21-18(22-9-7-16-6-8-20-12-14(16)2)23-10-4-5-15(13-23)11-17(19)24/h6,8,12,15H,3-5,7,9-11,13H2,1-2H3,(H2,19,24)(H,21,22). The summed E-state index contributed by atoms with van der Waals surface area (Å²) in [5.74, 6) is 1.07. The summed E-state index contributed by atoms with van der Waals surface area (Å²) in [4.78, 5) is 22.4. The molecule has 0 bridgehead atoms. The van der Waals surface area contributed by atoms with Gasteiger partial charge in [-0.3, -0.25) is 14.8 Å². The van der Waals surface area contributed by atoms with Crippen molar-refractivity contribution in [2.45, 2.75) is 39.5 Å². The molecular weight excluding hydrogens is 302 g/mol. The van der Waals surface area contributed by atoms with E-state index in [0.717, 1.165) is 51.4 Å². The number of piperidine rings is 1. The molecule has 1 unspecified atom stereocenters. The highest BCUT2D eigenvalue weighted by Crippen LogP contribution is 2.19. The van der Waals surface area contributed by atoms with E-state index >= 15 is 0 Å². The maximum absolute atomic E-state index is 11.2. The van der Waals surface area contributed by atoms with Crippen molar-refractivity contribution in [3.8, 4) is 0 Å². The number of primary amides is 1. The number of rotatable bonds is 6. The summed E-state index contributed by atoms with van der Waals surface area (Å²) < 4.78 is 0. The Morgan fingerprint density at radius 3 is 3.08 bits per heavy atom. The predicted octanol–water partition coefficient (Wildman–Crippen LogP) is 1.49. The van der Waals surface area contributed by atoms with E-state index in [4.69, 9.17) is 10.7 Å². The molecule has 1 fully saturated rings. The molecule has 1 atom stereocenters. The third kappa shape index (κ3) is 5.51. The van der Waals surface area contributed by atoms with Crippen molar-refractivity contribution >= 4 is 11.9 Å². The summed E-state index contributed by atoms with van der Waals surface area (Å²) in [6.45, 7) is 7.57. The van der Waals surface area contributed by atoms with Crippen molar-refractivity contribution in [2.24, 2.45) is 16.6 Å². The van der Waals surface area contributed by atoms with E-state index in [1.165, 1.54) is 11.1 Å². The zero-order valence-corrected chi connectivity index (χ0v) is 14.8. The van der Waals surface area contributed by atoms with E-state index in [0.29, 0.717) is 12.3 Å². The first-order valence-electron chi connectivity index (χ1n) is 8.81. The molecule has 1 aromatic heterocycles. The predicted molar refractivity (Wildman–Crippen MR) is 96.8 cm³/mol. The quantitative estimate of drug-likeness (QED) is 0.611. The normalized spacial score (nSPS) is 18.5. The summed E-state index contributed by atoms with van der Waals surface area (Å²) in [7, 11) is 0. The second-order valence-electron chi connectivity index (χ2n) is 6.41. The monoisotopic (exact) mass is 331 g/mol. The van der Waals surface area contributed by atoms with Crippen LogP contribution in [0.5, 0.6) is 0 Å². The highest BCUT2D eigenvalue weighted by molar-refractivity contribution is 5.80. The van der Waals surface area contributed by atoms with Gasteiger partial charge in [0.15, 0.2) is 5.96 Å². The van der Waals surface area contributed by atoms with Crippen LogP contribution in [0, 0.1) is 12.8 Å². The van der Waals surface area contributed by atoms with Crippen LogP contribution in [0.2, 0.25) is 0 Å². The van der Waals surface area contributed by atoms with Crippen LogP contribution in [-0.2, 0) is 11.2 Å². The Bertz CT molecular complexity index is 572. The average Bonchev–Trinajstić information content (AvgIpc) is 2.55. The average molecular weight is 331 g/mol. The number of guanidine groups is 1. The molecule has 24 heavy (non-hydrogen) atoms. The third-order valence-electron chi connectivity index (χ3n) is 4.42. The van der Waals surface area contributed by atoms with Gasteiger partial charge >= 0.3 is 0 Å². The van der Waals surface area contributed by atoms with Crippen molar-refractivity contribution in [2.75, 3.05) is 26.2 Å². The summed E-state index contributed by atoms with van der Waals surface area (Å²) in [6.07, 6.45) is 7.23. The van der Waals surface area contributed by atoms with Crippen molar-refractivity contribution in [1.82, 2.24) is 15.2 Å². The van der Waals surface area contributed by atoms with E-state index in [2.05, 4.69) is 35.1 Å². The largest absolute Gasteiger partial charge is 0.370 e. The van der Waals surface area contributed by atoms with Gasteiger partial charge in [-0.15, -0.1) is 0 Å². The number of hydrogen-bond acceptors (Lipinski definition) is 3. The molecular formula is C18H29N5O. The molecule has 2 heterocycles. The Morgan fingerprint density at radius 2 is 2.38 bits per heavy atom. The Kier molecular flexibility index (Phi) is 7.03. The molecule has 0 aromatic carbocycles. The number of pyridine rings is 1. The SMILES string of the molecule is CCNC(=NCCc1ccncc1C)N1CCCC(CC(N)=O)C1.